The molecule has 192 valence electrons. The largest absolute Gasteiger partial charge is 0.376 e. The molecule has 0 aromatic heterocycles. The third-order valence-electron chi connectivity index (χ3n) is 7.05. The summed E-state index contributed by atoms with van der Waals surface area (Å²) in [5.74, 6) is 0.338. The summed E-state index contributed by atoms with van der Waals surface area (Å²) in [7, 11) is 0. The molecule has 1 saturated heterocycles. The Kier molecular flexibility index (Phi) is 8.01. The minimum atomic E-state index is -0.637. The van der Waals surface area contributed by atoms with Crippen LogP contribution in [-0.4, -0.2) is 70.7 Å². The van der Waals surface area contributed by atoms with Gasteiger partial charge in [0.05, 0.1) is 17.5 Å². The van der Waals surface area contributed by atoms with Crippen LogP contribution < -0.4 is 10.6 Å². The van der Waals surface area contributed by atoms with Crippen molar-refractivity contribution in [2.45, 2.75) is 76.0 Å². The number of carbonyl (C=O) groups excluding carboxylic acids is 3. The molecule has 1 saturated carbocycles. The van der Waals surface area contributed by atoms with E-state index in [4.69, 9.17) is 9.73 Å². The molecule has 1 aromatic carbocycles. The number of nitrogens with zero attached hydrogens (tertiary/aromatic N) is 3. The average molecular weight is 512 g/mol. The average Bonchev–Trinajstić information content (AvgIpc) is 3.53. The summed E-state index contributed by atoms with van der Waals surface area (Å²) in [4.78, 5) is 49.3. The van der Waals surface area contributed by atoms with Crippen LogP contribution in [0.1, 0.15) is 63.4 Å². The molecule has 2 atom stereocenters. The molecule has 3 heterocycles. The summed E-state index contributed by atoms with van der Waals surface area (Å²) in [5.41, 5.74) is 1.51. The van der Waals surface area contributed by atoms with E-state index >= 15 is 0 Å². The monoisotopic (exact) mass is 511 g/mol. The summed E-state index contributed by atoms with van der Waals surface area (Å²) >= 11 is 1.22. The van der Waals surface area contributed by atoms with E-state index in [0.29, 0.717) is 24.0 Å². The molecule has 1 aromatic rings. The number of thioether (sulfide) groups is 1. The van der Waals surface area contributed by atoms with Crippen molar-refractivity contribution in [2.24, 2.45) is 9.98 Å². The lowest BCUT2D eigenvalue weighted by Crippen LogP contribution is -2.42. The molecule has 0 bridgehead atoms. The van der Waals surface area contributed by atoms with Gasteiger partial charge in [0.1, 0.15) is 11.9 Å². The maximum absolute atomic E-state index is 13.4. The van der Waals surface area contributed by atoms with Gasteiger partial charge < -0.3 is 15.4 Å². The minimum Gasteiger partial charge on any atom is -0.376 e. The van der Waals surface area contributed by atoms with E-state index in [0.717, 1.165) is 56.4 Å². The summed E-state index contributed by atoms with van der Waals surface area (Å²) in [6, 6.07) is 7.16. The van der Waals surface area contributed by atoms with Crippen LogP contribution >= 0.6 is 11.8 Å². The molecular formula is C26H33N5O4S. The highest BCUT2D eigenvalue weighted by molar-refractivity contribution is 8.14. The fourth-order valence-electron chi connectivity index (χ4n) is 5.12. The number of benzene rings is 1. The number of carbonyl (C=O) groups is 3. The second-order valence-electron chi connectivity index (χ2n) is 9.72. The van der Waals surface area contributed by atoms with Crippen molar-refractivity contribution in [1.29, 1.82) is 0 Å². The van der Waals surface area contributed by atoms with Crippen LogP contribution in [0.3, 0.4) is 0 Å². The first-order valence-corrected chi connectivity index (χ1v) is 14.0. The van der Waals surface area contributed by atoms with E-state index in [2.05, 4.69) is 15.6 Å². The lowest BCUT2D eigenvalue weighted by Gasteiger charge is -2.25. The summed E-state index contributed by atoms with van der Waals surface area (Å²) in [6.07, 6.45) is 8.25. The van der Waals surface area contributed by atoms with Crippen LogP contribution in [0, 0.1) is 0 Å². The molecule has 0 spiro atoms. The Hall–Kier alpha value is -2.72. The van der Waals surface area contributed by atoms with Crippen LogP contribution in [0.4, 0.5) is 5.69 Å². The second kappa shape index (κ2) is 11.6. The lowest BCUT2D eigenvalue weighted by atomic mass is 9.95. The third kappa shape index (κ3) is 5.81. The van der Waals surface area contributed by atoms with E-state index in [1.807, 2.05) is 24.3 Å². The maximum atomic E-state index is 13.4. The van der Waals surface area contributed by atoms with Gasteiger partial charge in [-0.15, -0.1) is 0 Å². The van der Waals surface area contributed by atoms with Gasteiger partial charge in [0.2, 0.25) is 11.8 Å². The van der Waals surface area contributed by atoms with Crippen LogP contribution in [0.5, 0.6) is 0 Å². The predicted molar refractivity (Wildman–Crippen MR) is 139 cm³/mol. The molecule has 3 amide bonds. The smallest absolute Gasteiger partial charge is 0.259 e. The van der Waals surface area contributed by atoms with E-state index in [1.54, 1.807) is 0 Å². The lowest BCUT2D eigenvalue weighted by molar-refractivity contribution is -0.125. The van der Waals surface area contributed by atoms with Crippen LogP contribution in [0.15, 0.2) is 34.3 Å². The number of hydrogen-bond acceptors (Lipinski definition) is 7. The van der Waals surface area contributed by atoms with E-state index in [1.165, 1.54) is 23.1 Å². The van der Waals surface area contributed by atoms with E-state index in [9.17, 15) is 14.4 Å². The fraction of sp³-hybridized carbons (Fsp3) is 0.577. The molecule has 3 aliphatic heterocycles. The Morgan fingerprint density at radius 1 is 1.08 bits per heavy atom. The van der Waals surface area contributed by atoms with Crippen LogP contribution in [0.2, 0.25) is 0 Å². The number of aliphatic imine (C=N–C) groups is 2. The Morgan fingerprint density at radius 3 is 2.72 bits per heavy atom. The first-order chi connectivity index (χ1) is 17.6. The van der Waals surface area contributed by atoms with Gasteiger partial charge in [-0.3, -0.25) is 19.4 Å². The SMILES string of the molecule is O=C(CSC1=Nc2ccccc2C2=NC(CCC(=O)NC3CCCCC3)C(=O)N12)NCC1CCCO1. The molecule has 0 radical (unpaired) electrons. The van der Waals surface area contributed by atoms with Crippen LogP contribution in [-0.2, 0) is 19.1 Å². The summed E-state index contributed by atoms with van der Waals surface area (Å²) in [5, 5.41) is 6.47. The van der Waals surface area contributed by atoms with E-state index < -0.39 is 6.04 Å². The zero-order valence-corrected chi connectivity index (χ0v) is 21.2. The van der Waals surface area contributed by atoms with Gasteiger partial charge in [-0.25, -0.2) is 9.89 Å². The summed E-state index contributed by atoms with van der Waals surface area (Å²) < 4.78 is 5.56. The molecule has 36 heavy (non-hydrogen) atoms. The van der Waals surface area contributed by atoms with Gasteiger partial charge in [0.25, 0.3) is 5.91 Å². The number of amides is 3. The van der Waals surface area contributed by atoms with Gasteiger partial charge in [-0.1, -0.05) is 43.2 Å². The molecule has 10 heteroatoms. The van der Waals surface area contributed by atoms with Crippen molar-refractivity contribution in [3.05, 3.63) is 29.8 Å². The van der Waals surface area contributed by atoms with Crippen LogP contribution in [0.25, 0.3) is 0 Å². The quantitative estimate of drug-likeness (QED) is 0.557. The molecule has 1 aliphatic carbocycles. The normalized spacial score (nSPS) is 23.6. The second-order valence-corrected chi connectivity index (χ2v) is 10.7. The number of nitrogens with one attached hydrogen (secondary N) is 2. The predicted octanol–water partition coefficient (Wildman–Crippen LogP) is 2.90. The van der Waals surface area contributed by atoms with Crippen molar-refractivity contribution in [3.8, 4) is 0 Å². The van der Waals surface area contributed by atoms with Crippen molar-refractivity contribution in [2.75, 3.05) is 18.9 Å². The molecule has 5 rings (SSSR count). The molecule has 4 aliphatic rings. The number of ether oxygens (including phenoxy) is 1. The van der Waals surface area contributed by atoms with Gasteiger partial charge in [-0.2, -0.15) is 0 Å². The van der Waals surface area contributed by atoms with Gasteiger partial charge in [0.15, 0.2) is 5.17 Å². The van der Waals surface area contributed by atoms with Gasteiger partial charge >= 0.3 is 0 Å². The molecular weight excluding hydrogens is 478 g/mol. The highest BCUT2D eigenvalue weighted by Crippen LogP contribution is 2.34. The topological polar surface area (TPSA) is 112 Å². The van der Waals surface area contributed by atoms with Gasteiger partial charge in [0, 0.05) is 31.2 Å². The standard InChI is InChI=1S/C26H33N5O4S/c32-22(28-17-7-2-1-3-8-17)13-12-21-25(34)31-24(29-21)19-10-4-5-11-20(19)30-26(31)36-16-23(33)27-15-18-9-6-14-35-18/h4-5,10-11,17-18,21H,1-3,6-9,12-16H2,(H,27,33)(H,28,32). The van der Waals surface area contributed by atoms with Crippen molar-refractivity contribution in [3.63, 3.8) is 0 Å². The molecule has 2 fully saturated rings. The minimum absolute atomic E-state index is 0.0219. The van der Waals surface area contributed by atoms with E-state index in [-0.39, 0.29) is 42.0 Å². The fourth-order valence-corrected chi connectivity index (χ4v) is 5.95. The Labute approximate surface area is 215 Å². The van der Waals surface area contributed by atoms with Gasteiger partial charge in [-0.05, 0) is 44.2 Å². The summed E-state index contributed by atoms with van der Waals surface area (Å²) in [6.45, 7) is 1.24. The Balaban J connectivity index is 1.21. The first kappa shape index (κ1) is 25.0. The van der Waals surface area contributed by atoms with Crippen molar-refractivity contribution in [1.82, 2.24) is 15.5 Å². The number of hydrogen-bond donors (Lipinski definition) is 2. The number of para-hydroxylation sites is 1. The molecule has 2 unspecified atom stereocenters. The highest BCUT2D eigenvalue weighted by atomic mass is 32.2. The first-order valence-electron chi connectivity index (χ1n) is 13.0. The zero-order valence-electron chi connectivity index (χ0n) is 20.4. The molecule has 9 nitrogen and oxygen atoms in total. The number of fused-ring (bicyclic) bond motifs is 3. The zero-order chi connectivity index (χ0) is 24.9. The molecule has 2 N–H and O–H groups in total. The third-order valence-corrected chi connectivity index (χ3v) is 7.98. The Bertz CT molecular complexity index is 1060. The number of amidine groups is 2. The Morgan fingerprint density at radius 2 is 1.92 bits per heavy atom. The van der Waals surface area contributed by atoms with Crippen molar-refractivity contribution >= 4 is 46.2 Å². The number of rotatable bonds is 8. The van der Waals surface area contributed by atoms with Crippen molar-refractivity contribution < 1.29 is 19.1 Å². The maximum Gasteiger partial charge on any atom is 0.259 e. The highest BCUT2D eigenvalue weighted by Gasteiger charge is 2.41.